The molecular formula is C26H33NO6. The minimum atomic E-state index is -0.928. The molecule has 1 aromatic carbocycles. The molecule has 3 atom stereocenters. The maximum Gasteiger partial charge on any atom is 0.336 e. The smallest absolute Gasteiger partial charge is 0.336 e. The highest BCUT2D eigenvalue weighted by molar-refractivity contribution is 6.12. The molecule has 178 valence electrons. The van der Waals surface area contributed by atoms with Crippen LogP contribution in [0.2, 0.25) is 0 Å². The van der Waals surface area contributed by atoms with Gasteiger partial charge in [-0.2, -0.15) is 0 Å². The van der Waals surface area contributed by atoms with E-state index in [0.29, 0.717) is 41.0 Å². The van der Waals surface area contributed by atoms with Gasteiger partial charge in [0, 0.05) is 22.5 Å². The van der Waals surface area contributed by atoms with Gasteiger partial charge < -0.3 is 19.5 Å². The zero-order chi connectivity index (χ0) is 24.3. The third-order valence-electron chi connectivity index (χ3n) is 5.99. The number of rotatable bonds is 7. The summed E-state index contributed by atoms with van der Waals surface area (Å²) in [6.45, 7) is 9.70. The van der Waals surface area contributed by atoms with Crippen molar-refractivity contribution in [3.63, 3.8) is 0 Å². The summed E-state index contributed by atoms with van der Waals surface area (Å²) in [6, 6.07) is 7.39. The van der Waals surface area contributed by atoms with Gasteiger partial charge in [-0.05, 0) is 45.6 Å². The van der Waals surface area contributed by atoms with Gasteiger partial charge in [-0.25, -0.2) is 4.79 Å². The van der Waals surface area contributed by atoms with Crippen molar-refractivity contribution in [2.75, 3.05) is 13.7 Å². The summed E-state index contributed by atoms with van der Waals surface area (Å²) in [5.74, 6) is -2.68. The fraction of sp³-hybridized carbons (Fsp3) is 0.500. The molecule has 0 unspecified atom stereocenters. The second kappa shape index (κ2) is 10.2. The van der Waals surface area contributed by atoms with Crippen LogP contribution in [0.15, 0.2) is 46.8 Å². The zero-order valence-electron chi connectivity index (χ0n) is 20.2. The standard InChI is InChI=1S/C26H33NO6/c1-7-12-32-26(30)21-16(5)27-18-13-15(4)20(25(29)31-6)24(28)23(18)22(21)17-10-8-9-11-19(17)33-14(2)3/h8-11,14-15,20,22,27H,7,12-13H2,1-6H3/t15-,20+,22-/m0/s1. The van der Waals surface area contributed by atoms with E-state index in [1.807, 2.05) is 58.9 Å². The minimum Gasteiger partial charge on any atom is -0.491 e. The SMILES string of the molecule is CCCOC(=O)C1=C(C)NC2=C(C(=O)[C@H](C(=O)OC)[C@@H](C)C2)[C@H]1c1ccccc1OC(C)C. The van der Waals surface area contributed by atoms with Crippen LogP contribution in [-0.4, -0.2) is 37.5 Å². The van der Waals surface area contributed by atoms with Crippen LogP contribution < -0.4 is 10.1 Å². The van der Waals surface area contributed by atoms with E-state index in [9.17, 15) is 14.4 Å². The number of hydrogen-bond donors (Lipinski definition) is 1. The Balaban J connectivity index is 2.22. The molecule has 1 aromatic rings. The Morgan fingerprint density at radius 1 is 1.21 bits per heavy atom. The van der Waals surface area contributed by atoms with Crippen LogP contribution in [0.1, 0.15) is 58.9 Å². The van der Waals surface area contributed by atoms with Gasteiger partial charge in [0.15, 0.2) is 5.78 Å². The van der Waals surface area contributed by atoms with Crippen molar-refractivity contribution < 1.29 is 28.6 Å². The van der Waals surface area contributed by atoms with Gasteiger partial charge in [0.1, 0.15) is 11.7 Å². The average molecular weight is 456 g/mol. The molecule has 0 bridgehead atoms. The van der Waals surface area contributed by atoms with E-state index < -0.39 is 23.8 Å². The Labute approximate surface area is 195 Å². The topological polar surface area (TPSA) is 90.9 Å². The van der Waals surface area contributed by atoms with Crippen molar-refractivity contribution >= 4 is 17.7 Å². The predicted molar refractivity (Wildman–Crippen MR) is 123 cm³/mol. The van der Waals surface area contributed by atoms with Crippen LogP contribution in [0.4, 0.5) is 0 Å². The van der Waals surface area contributed by atoms with Crippen molar-refractivity contribution in [2.45, 2.75) is 59.5 Å². The lowest BCUT2D eigenvalue weighted by molar-refractivity contribution is -0.151. The number of carbonyl (C=O) groups is 3. The lowest BCUT2D eigenvalue weighted by Gasteiger charge is -2.38. The molecule has 7 heteroatoms. The van der Waals surface area contributed by atoms with Gasteiger partial charge in [0.2, 0.25) is 0 Å². The largest absolute Gasteiger partial charge is 0.491 e. The first-order valence-electron chi connectivity index (χ1n) is 11.5. The molecule has 1 aliphatic carbocycles. The molecule has 1 heterocycles. The number of hydrogen-bond acceptors (Lipinski definition) is 7. The van der Waals surface area contributed by atoms with Crippen LogP contribution in [0.5, 0.6) is 5.75 Å². The summed E-state index contributed by atoms with van der Waals surface area (Å²) in [5.41, 5.74) is 2.80. The first kappa shape index (κ1) is 24.6. The van der Waals surface area contributed by atoms with Gasteiger partial charge in [-0.3, -0.25) is 9.59 Å². The molecule has 7 nitrogen and oxygen atoms in total. The molecule has 0 saturated carbocycles. The Hall–Kier alpha value is -3.09. The predicted octanol–water partition coefficient (Wildman–Crippen LogP) is 4.04. The van der Waals surface area contributed by atoms with Gasteiger partial charge in [0.05, 0.1) is 31.3 Å². The second-order valence-electron chi connectivity index (χ2n) is 8.88. The van der Waals surface area contributed by atoms with Gasteiger partial charge in [-0.15, -0.1) is 0 Å². The van der Waals surface area contributed by atoms with Crippen molar-refractivity contribution in [1.82, 2.24) is 5.32 Å². The fourth-order valence-electron chi connectivity index (χ4n) is 4.61. The van der Waals surface area contributed by atoms with Gasteiger partial charge >= 0.3 is 11.9 Å². The van der Waals surface area contributed by atoms with Crippen LogP contribution in [-0.2, 0) is 23.9 Å². The van der Waals surface area contributed by atoms with E-state index in [-0.39, 0.29) is 24.4 Å². The Bertz CT molecular complexity index is 1010. The third-order valence-corrected chi connectivity index (χ3v) is 5.99. The van der Waals surface area contributed by atoms with E-state index in [1.165, 1.54) is 7.11 Å². The number of benzene rings is 1. The Kier molecular flexibility index (Phi) is 7.61. The molecular weight excluding hydrogens is 422 g/mol. The van der Waals surface area contributed by atoms with Crippen LogP contribution >= 0.6 is 0 Å². The van der Waals surface area contributed by atoms with Crippen molar-refractivity contribution in [3.05, 3.63) is 52.4 Å². The van der Waals surface area contributed by atoms with E-state index >= 15 is 0 Å². The summed E-state index contributed by atoms with van der Waals surface area (Å²) in [5, 5.41) is 3.27. The molecule has 0 saturated heterocycles. The van der Waals surface area contributed by atoms with E-state index in [2.05, 4.69) is 5.32 Å². The minimum absolute atomic E-state index is 0.105. The molecule has 0 fully saturated rings. The van der Waals surface area contributed by atoms with E-state index in [1.54, 1.807) is 0 Å². The molecule has 2 aliphatic rings. The molecule has 3 rings (SSSR count). The summed E-state index contributed by atoms with van der Waals surface area (Å²) >= 11 is 0. The molecule has 0 spiro atoms. The maximum absolute atomic E-state index is 13.8. The molecule has 33 heavy (non-hydrogen) atoms. The summed E-state index contributed by atoms with van der Waals surface area (Å²) in [4.78, 5) is 39.5. The third kappa shape index (κ3) is 4.82. The van der Waals surface area contributed by atoms with E-state index in [4.69, 9.17) is 14.2 Å². The number of methoxy groups -OCH3 is 1. The number of nitrogens with one attached hydrogen (secondary N) is 1. The second-order valence-corrected chi connectivity index (χ2v) is 8.88. The normalized spacial score (nSPS) is 22.6. The molecule has 1 N–H and O–H groups in total. The molecule has 0 radical (unpaired) electrons. The van der Waals surface area contributed by atoms with Crippen molar-refractivity contribution in [2.24, 2.45) is 11.8 Å². The van der Waals surface area contributed by atoms with E-state index in [0.717, 1.165) is 5.70 Å². The zero-order valence-corrected chi connectivity index (χ0v) is 20.2. The lowest BCUT2D eigenvalue weighted by atomic mass is 9.69. The Morgan fingerprint density at radius 3 is 2.55 bits per heavy atom. The van der Waals surface area contributed by atoms with Crippen LogP contribution in [0.25, 0.3) is 0 Å². The van der Waals surface area contributed by atoms with Crippen LogP contribution in [0, 0.1) is 11.8 Å². The first-order chi connectivity index (χ1) is 15.7. The molecule has 1 aliphatic heterocycles. The molecule has 0 amide bonds. The number of dihydropyridines is 1. The highest BCUT2D eigenvalue weighted by Crippen LogP contribution is 2.47. The van der Waals surface area contributed by atoms with Crippen LogP contribution in [0.3, 0.4) is 0 Å². The lowest BCUT2D eigenvalue weighted by Crippen LogP contribution is -2.43. The quantitative estimate of drug-likeness (QED) is 0.490. The summed E-state index contributed by atoms with van der Waals surface area (Å²) in [6.07, 6.45) is 1.06. The number of carbonyl (C=O) groups excluding carboxylic acids is 3. The monoisotopic (exact) mass is 455 g/mol. The maximum atomic E-state index is 13.8. The Morgan fingerprint density at radius 2 is 1.91 bits per heavy atom. The highest BCUT2D eigenvalue weighted by Gasteiger charge is 2.47. The molecule has 0 aromatic heterocycles. The number of allylic oxidation sites excluding steroid dienone is 3. The van der Waals surface area contributed by atoms with Gasteiger partial charge in [-0.1, -0.05) is 32.0 Å². The summed E-state index contributed by atoms with van der Waals surface area (Å²) < 4.78 is 16.5. The summed E-state index contributed by atoms with van der Waals surface area (Å²) in [7, 11) is 1.28. The highest BCUT2D eigenvalue weighted by atomic mass is 16.5. The number of para-hydroxylation sites is 1. The van der Waals surface area contributed by atoms with Crippen molar-refractivity contribution in [1.29, 1.82) is 0 Å². The van der Waals surface area contributed by atoms with Gasteiger partial charge in [0.25, 0.3) is 0 Å². The number of ketones is 1. The first-order valence-corrected chi connectivity index (χ1v) is 11.5. The number of Topliss-reactive ketones (excluding diaryl/α,β-unsaturated/α-hetero) is 1. The average Bonchev–Trinajstić information content (AvgIpc) is 2.76. The fourth-order valence-corrected chi connectivity index (χ4v) is 4.61. The van der Waals surface area contributed by atoms with Crippen molar-refractivity contribution in [3.8, 4) is 5.75 Å². The number of esters is 2. The number of ether oxygens (including phenoxy) is 3.